The van der Waals surface area contributed by atoms with E-state index in [0.717, 1.165) is 12.3 Å². The molecule has 0 aliphatic carbocycles. The second kappa shape index (κ2) is 5.40. The normalized spacial score (nSPS) is 22.6. The molecule has 70 valence electrons. The van der Waals surface area contributed by atoms with Crippen molar-refractivity contribution in [3.63, 3.8) is 0 Å². The minimum Gasteiger partial charge on any atom is -0.396 e. The van der Waals surface area contributed by atoms with Crippen molar-refractivity contribution in [3.8, 4) is 0 Å². The maximum atomic E-state index is 11.2. The van der Waals surface area contributed by atoms with E-state index in [1.807, 2.05) is 0 Å². The van der Waals surface area contributed by atoms with E-state index in [9.17, 15) is 4.79 Å². The average molecular weight is 190 g/mol. The van der Waals surface area contributed by atoms with Crippen molar-refractivity contribution in [1.29, 1.82) is 0 Å². The second-order valence-electron chi connectivity index (χ2n) is 2.57. The van der Waals surface area contributed by atoms with Crippen LogP contribution in [0.3, 0.4) is 0 Å². The van der Waals surface area contributed by atoms with Crippen molar-refractivity contribution in [2.75, 3.05) is 25.4 Å². The topological polar surface area (TPSA) is 61.4 Å². The lowest BCUT2D eigenvalue weighted by Gasteiger charge is -2.09. The Morgan fingerprint density at radius 2 is 2.58 bits per heavy atom. The fraction of sp³-hybridized carbons (Fsp3) is 0.857. The Labute approximate surface area is 76.1 Å². The molecule has 0 aromatic carbocycles. The van der Waals surface area contributed by atoms with Gasteiger partial charge in [-0.15, -0.1) is 11.8 Å². The molecule has 0 aromatic rings. The van der Waals surface area contributed by atoms with Crippen LogP contribution in [0.4, 0.5) is 0 Å². The number of aliphatic hydroxyl groups is 1. The van der Waals surface area contributed by atoms with E-state index < -0.39 is 0 Å². The van der Waals surface area contributed by atoms with Crippen LogP contribution in [0.25, 0.3) is 0 Å². The van der Waals surface area contributed by atoms with Gasteiger partial charge in [0, 0.05) is 25.4 Å². The molecule has 1 rings (SSSR count). The molecule has 3 N–H and O–H groups in total. The van der Waals surface area contributed by atoms with Crippen LogP contribution in [-0.4, -0.2) is 41.8 Å². The molecule has 1 saturated heterocycles. The quantitative estimate of drug-likeness (QED) is 0.505. The first kappa shape index (κ1) is 9.83. The number of hydrogen-bond donors (Lipinski definition) is 3. The van der Waals surface area contributed by atoms with Gasteiger partial charge in [0.05, 0.1) is 0 Å². The van der Waals surface area contributed by atoms with Crippen molar-refractivity contribution in [2.45, 2.75) is 11.8 Å². The molecule has 1 amide bonds. The first-order valence-corrected chi connectivity index (χ1v) is 5.13. The summed E-state index contributed by atoms with van der Waals surface area (Å²) >= 11 is 1.62. The Morgan fingerprint density at radius 1 is 1.75 bits per heavy atom. The number of amides is 1. The number of hydrogen-bond acceptors (Lipinski definition) is 4. The van der Waals surface area contributed by atoms with Gasteiger partial charge >= 0.3 is 0 Å². The zero-order valence-corrected chi connectivity index (χ0v) is 7.69. The third-order valence-electron chi connectivity index (χ3n) is 1.59. The summed E-state index contributed by atoms with van der Waals surface area (Å²) in [4.78, 5) is 11.2. The Kier molecular flexibility index (Phi) is 4.42. The maximum absolute atomic E-state index is 11.2. The van der Waals surface area contributed by atoms with Crippen molar-refractivity contribution >= 4 is 17.7 Å². The Hall–Kier alpha value is -0.260. The Balaban J connectivity index is 2.10. The smallest absolute Gasteiger partial charge is 0.247 e. The number of rotatable bonds is 4. The standard InChI is InChI=1S/C7H14N2O2S/c10-4-1-2-8-6(11)7-9-3-5-12-7/h7,9-10H,1-5H2,(H,8,11). The van der Waals surface area contributed by atoms with Gasteiger partial charge in [-0.25, -0.2) is 0 Å². The average Bonchev–Trinajstić information content (AvgIpc) is 2.56. The van der Waals surface area contributed by atoms with Crippen LogP contribution in [0.1, 0.15) is 6.42 Å². The van der Waals surface area contributed by atoms with Gasteiger partial charge in [-0.1, -0.05) is 0 Å². The zero-order chi connectivity index (χ0) is 8.81. The highest BCUT2D eigenvalue weighted by Gasteiger charge is 2.21. The minimum absolute atomic E-state index is 0.0333. The molecule has 1 heterocycles. The van der Waals surface area contributed by atoms with E-state index in [4.69, 9.17) is 5.11 Å². The molecule has 1 atom stereocenters. The fourth-order valence-electron chi connectivity index (χ4n) is 0.977. The molecule has 0 saturated carbocycles. The molecule has 1 fully saturated rings. The first-order chi connectivity index (χ1) is 5.84. The van der Waals surface area contributed by atoms with Gasteiger partial charge in [0.1, 0.15) is 5.37 Å². The lowest BCUT2D eigenvalue weighted by atomic mass is 10.4. The zero-order valence-electron chi connectivity index (χ0n) is 6.88. The largest absolute Gasteiger partial charge is 0.396 e. The lowest BCUT2D eigenvalue weighted by molar-refractivity contribution is -0.120. The Bertz CT molecular complexity index is 148. The predicted molar refractivity (Wildman–Crippen MR) is 49.0 cm³/mol. The molecular formula is C7H14N2O2S. The highest BCUT2D eigenvalue weighted by molar-refractivity contribution is 8.00. The van der Waals surface area contributed by atoms with Gasteiger partial charge in [-0.05, 0) is 6.42 Å². The molecule has 1 aliphatic heterocycles. The summed E-state index contributed by atoms with van der Waals surface area (Å²) in [6.07, 6.45) is 0.628. The molecule has 4 nitrogen and oxygen atoms in total. The third kappa shape index (κ3) is 3.00. The van der Waals surface area contributed by atoms with Gasteiger partial charge < -0.3 is 10.4 Å². The van der Waals surface area contributed by atoms with Gasteiger partial charge in [0.25, 0.3) is 0 Å². The second-order valence-corrected chi connectivity index (χ2v) is 3.79. The molecule has 1 unspecified atom stereocenters. The monoisotopic (exact) mass is 190 g/mol. The van der Waals surface area contributed by atoms with E-state index in [-0.39, 0.29) is 17.9 Å². The highest BCUT2D eigenvalue weighted by Crippen LogP contribution is 2.12. The van der Waals surface area contributed by atoms with Crippen LogP contribution < -0.4 is 10.6 Å². The number of thioether (sulfide) groups is 1. The maximum Gasteiger partial charge on any atom is 0.247 e. The predicted octanol–water partition coefficient (Wildman–Crippen LogP) is -0.853. The molecule has 0 bridgehead atoms. The molecule has 12 heavy (non-hydrogen) atoms. The molecular weight excluding hydrogens is 176 g/mol. The van der Waals surface area contributed by atoms with E-state index in [2.05, 4.69) is 10.6 Å². The van der Waals surface area contributed by atoms with Gasteiger partial charge in [-0.3, -0.25) is 10.1 Å². The molecule has 0 aromatic heterocycles. The van der Waals surface area contributed by atoms with E-state index in [1.165, 1.54) is 0 Å². The van der Waals surface area contributed by atoms with Gasteiger partial charge in [0.15, 0.2) is 0 Å². The van der Waals surface area contributed by atoms with Crippen molar-refractivity contribution in [1.82, 2.24) is 10.6 Å². The Morgan fingerprint density at radius 3 is 3.17 bits per heavy atom. The SMILES string of the molecule is O=C(NCCCO)C1NCCS1. The van der Waals surface area contributed by atoms with E-state index >= 15 is 0 Å². The number of nitrogens with one attached hydrogen (secondary N) is 2. The fourth-order valence-corrected chi connectivity index (χ4v) is 1.92. The van der Waals surface area contributed by atoms with Crippen LogP contribution in [0, 0.1) is 0 Å². The highest BCUT2D eigenvalue weighted by atomic mass is 32.2. The summed E-state index contributed by atoms with van der Waals surface area (Å²) in [5.74, 6) is 1.03. The van der Waals surface area contributed by atoms with Gasteiger partial charge in [-0.2, -0.15) is 0 Å². The van der Waals surface area contributed by atoms with Gasteiger partial charge in [0.2, 0.25) is 5.91 Å². The summed E-state index contributed by atoms with van der Waals surface area (Å²) in [7, 11) is 0. The summed E-state index contributed by atoms with van der Waals surface area (Å²) in [5, 5.41) is 14.2. The van der Waals surface area contributed by atoms with Crippen LogP contribution in [0.2, 0.25) is 0 Å². The molecule has 0 radical (unpaired) electrons. The number of carbonyl (C=O) groups excluding carboxylic acids is 1. The third-order valence-corrected chi connectivity index (χ3v) is 2.74. The number of aliphatic hydroxyl groups excluding tert-OH is 1. The van der Waals surface area contributed by atoms with Crippen LogP contribution in [-0.2, 0) is 4.79 Å². The van der Waals surface area contributed by atoms with Crippen molar-refractivity contribution < 1.29 is 9.90 Å². The van der Waals surface area contributed by atoms with Crippen LogP contribution >= 0.6 is 11.8 Å². The van der Waals surface area contributed by atoms with Crippen molar-refractivity contribution in [2.24, 2.45) is 0 Å². The molecule has 0 spiro atoms. The van der Waals surface area contributed by atoms with Crippen molar-refractivity contribution in [3.05, 3.63) is 0 Å². The van der Waals surface area contributed by atoms with Crippen LogP contribution in [0.5, 0.6) is 0 Å². The van der Waals surface area contributed by atoms with E-state index in [0.29, 0.717) is 13.0 Å². The summed E-state index contributed by atoms with van der Waals surface area (Å²) in [6, 6.07) is 0. The first-order valence-electron chi connectivity index (χ1n) is 4.08. The lowest BCUT2D eigenvalue weighted by Crippen LogP contribution is -2.39. The summed E-state index contributed by atoms with van der Waals surface area (Å²) in [6.45, 7) is 1.60. The summed E-state index contributed by atoms with van der Waals surface area (Å²) in [5.41, 5.74) is 0. The molecule has 1 aliphatic rings. The minimum atomic E-state index is -0.0799. The van der Waals surface area contributed by atoms with Crippen LogP contribution in [0.15, 0.2) is 0 Å². The molecule has 5 heteroatoms. The van der Waals surface area contributed by atoms with E-state index in [1.54, 1.807) is 11.8 Å². The number of carbonyl (C=O) groups is 1. The summed E-state index contributed by atoms with van der Waals surface area (Å²) < 4.78 is 0.